The predicted octanol–water partition coefficient (Wildman–Crippen LogP) is 0.152. The Morgan fingerprint density at radius 2 is 1.90 bits per heavy atom. The van der Waals surface area contributed by atoms with Gasteiger partial charge in [-0.05, 0) is 12.0 Å². The number of benzene rings is 1. The molecule has 2 amide bonds. The maximum Gasteiger partial charge on any atom is 0.305 e. The van der Waals surface area contributed by atoms with Crippen molar-refractivity contribution in [3.8, 4) is 0 Å². The SMILES string of the molecule is COC(=O)CC[C@@H](NC(=O)Cc1ccccc1)C(N)=O. The molecule has 0 spiro atoms. The fourth-order valence-electron chi connectivity index (χ4n) is 1.68. The van der Waals surface area contributed by atoms with Gasteiger partial charge in [-0.25, -0.2) is 0 Å². The van der Waals surface area contributed by atoms with Gasteiger partial charge < -0.3 is 15.8 Å². The molecule has 0 aromatic heterocycles. The molecule has 0 aliphatic heterocycles. The maximum atomic E-state index is 11.8. The van der Waals surface area contributed by atoms with Gasteiger partial charge in [0.1, 0.15) is 6.04 Å². The molecular weight excluding hydrogens is 260 g/mol. The van der Waals surface area contributed by atoms with Crippen LogP contribution >= 0.6 is 0 Å². The van der Waals surface area contributed by atoms with E-state index < -0.39 is 17.9 Å². The third-order valence-corrected chi connectivity index (χ3v) is 2.75. The predicted molar refractivity (Wildman–Crippen MR) is 72.5 cm³/mol. The van der Waals surface area contributed by atoms with Crippen molar-refractivity contribution in [2.24, 2.45) is 5.73 Å². The van der Waals surface area contributed by atoms with Crippen LogP contribution in [-0.4, -0.2) is 30.9 Å². The number of nitrogens with two attached hydrogens (primary N) is 1. The van der Waals surface area contributed by atoms with Crippen LogP contribution in [0.15, 0.2) is 30.3 Å². The number of rotatable bonds is 7. The van der Waals surface area contributed by atoms with Gasteiger partial charge in [0.25, 0.3) is 0 Å². The summed E-state index contributed by atoms with van der Waals surface area (Å²) in [7, 11) is 1.26. The van der Waals surface area contributed by atoms with Crippen molar-refractivity contribution in [2.45, 2.75) is 25.3 Å². The summed E-state index contributed by atoms with van der Waals surface area (Å²) in [6, 6.07) is 8.26. The second-order valence-corrected chi connectivity index (χ2v) is 4.30. The highest BCUT2D eigenvalue weighted by Gasteiger charge is 2.19. The smallest absolute Gasteiger partial charge is 0.305 e. The average molecular weight is 278 g/mol. The first-order valence-electron chi connectivity index (χ1n) is 6.22. The van der Waals surface area contributed by atoms with E-state index in [1.807, 2.05) is 30.3 Å². The highest BCUT2D eigenvalue weighted by molar-refractivity contribution is 5.87. The standard InChI is InChI=1S/C14H18N2O4/c1-20-13(18)8-7-11(14(15)19)16-12(17)9-10-5-3-2-4-6-10/h2-6,11H,7-9H2,1H3,(H2,15,19)(H,16,17)/t11-/m1/s1. The van der Waals surface area contributed by atoms with E-state index in [1.165, 1.54) is 7.11 Å². The molecule has 0 radical (unpaired) electrons. The van der Waals surface area contributed by atoms with Crippen molar-refractivity contribution in [1.82, 2.24) is 5.32 Å². The molecule has 108 valence electrons. The summed E-state index contributed by atoms with van der Waals surface area (Å²) in [6.07, 6.45) is 0.307. The van der Waals surface area contributed by atoms with Crippen LogP contribution in [0, 0.1) is 0 Å². The average Bonchev–Trinajstić information content (AvgIpc) is 2.43. The lowest BCUT2D eigenvalue weighted by molar-refractivity contribution is -0.141. The van der Waals surface area contributed by atoms with Crippen LogP contribution in [0.1, 0.15) is 18.4 Å². The highest BCUT2D eigenvalue weighted by Crippen LogP contribution is 2.02. The van der Waals surface area contributed by atoms with Crippen LogP contribution in [0.4, 0.5) is 0 Å². The Labute approximate surface area is 117 Å². The summed E-state index contributed by atoms with van der Waals surface area (Å²) in [6.45, 7) is 0. The topological polar surface area (TPSA) is 98.5 Å². The normalized spacial score (nSPS) is 11.4. The number of primary amides is 1. The number of nitrogens with one attached hydrogen (secondary N) is 1. The maximum absolute atomic E-state index is 11.8. The molecule has 0 bridgehead atoms. The Hall–Kier alpha value is -2.37. The van der Waals surface area contributed by atoms with Crippen LogP contribution in [0.25, 0.3) is 0 Å². The van der Waals surface area contributed by atoms with Crippen molar-refractivity contribution in [3.05, 3.63) is 35.9 Å². The molecule has 0 saturated carbocycles. The molecule has 3 N–H and O–H groups in total. The van der Waals surface area contributed by atoms with Crippen LogP contribution in [-0.2, 0) is 25.5 Å². The van der Waals surface area contributed by atoms with E-state index in [4.69, 9.17) is 5.73 Å². The largest absolute Gasteiger partial charge is 0.469 e. The summed E-state index contributed by atoms with van der Waals surface area (Å²) in [4.78, 5) is 34.1. The number of hydrogen-bond acceptors (Lipinski definition) is 4. The van der Waals surface area contributed by atoms with Crippen LogP contribution < -0.4 is 11.1 Å². The first-order valence-corrected chi connectivity index (χ1v) is 6.22. The van der Waals surface area contributed by atoms with E-state index in [9.17, 15) is 14.4 Å². The van der Waals surface area contributed by atoms with Gasteiger partial charge in [0.05, 0.1) is 13.5 Å². The molecule has 0 unspecified atom stereocenters. The molecule has 1 atom stereocenters. The quantitative estimate of drug-likeness (QED) is 0.694. The number of hydrogen-bond donors (Lipinski definition) is 2. The van der Waals surface area contributed by atoms with E-state index >= 15 is 0 Å². The van der Waals surface area contributed by atoms with E-state index in [1.54, 1.807) is 0 Å². The Morgan fingerprint density at radius 1 is 1.25 bits per heavy atom. The van der Waals surface area contributed by atoms with Gasteiger partial charge in [0.2, 0.25) is 11.8 Å². The number of esters is 1. The Kier molecular flexibility index (Phi) is 6.22. The van der Waals surface area contributed by atoms with Crippen molar-refractivity contribution in [2.75, 3.05) is 7.11 Å². The third kappa shape index (κ3) is 5.51. The zero-order valence-corrected chi connectivity index (χ0v) is 11.3. The minimum atomic E-state index is -0.870. The van der Waals surface area contributed by atoms with Gasteiger partial charge in [0, 0.05) is 6.42 Å². The van der Waals surface area contributed by atoms with Gasteiger partial charge in [-0.2, -0.15) is 0 Å². The third-order valence-electron chi connectivity index (χ3n) is 2.75. The monoisotopic (exact) mass is 278 g/mol. The van der Waals surface area contributed by atoms with Crippen LogP contribution in [0.3, 0.4) is 0 Å². The molecule has 0 aliphatic carbocycles. The van der Waals surface area contributed by atoms with Gasteiger partial charge in [0.15, 0.2) is 0 Å². The molecule has 6 nitrogen and oxygen atoms in total. The van der Waals surface area contributed by atoms with Gasteiger partial charge >= 0.3 is 5.97 Å². The van der Waals surface area contributed by atoms with Crippen molar-refractivity contribution < 1.29 is 19.1 Å². The minimum absolute atomic E-state index is 0.0235. The van der Waals surface area contributed by atoms with Gasteiger partial charge in [-0.1, -0.05) is 30.3 Å². The highest BCUT2D eigenvalue weighted by atomic mass is 16.5. The first-order chi connectivity index (χ1) is 9.52. The number of carbonyl (C=O) groups is 3. The fourth-order valence-corrected chi connectivity index (χ4v) is 1.68. The minimum Gasteiger partial charge on any atom is -0.469 e. The Balaban J connectivity index is 2.50. The summed E-state index contributed by atoms with van der Waals surface area (Å²) in [5.74, 6) is -1.44. The Morgan fingerprint density at radius 3 is 2.45 bits per heavy atom. The van der Waals surface area contributed by atoms with E-state index in [0.29, 0.717) is 0 Å². The molecular formula is C14H18N2O4. The molecule has 6 heteroatoms. The van der Waals surface area contributed by atoms with E-state index in [2.05, 4.69) is 10.1 Å². The van der Waals surface area contributed by atoms with Gasteiger partial charge in [-0.3, -0.25) is 14.4 Å². The number of ether oxygens (including phenoxy) is 1. The lowest BCUT2D eigenvalue weighted by Gasteiger charge is -2.14. The lowest BCUT2D eigenvalue weighted by Crippen LogP contribution is -2.45. The molecule has 0 aliphatic rings. The Bertz CT molecular complexity index is 473. The zero-order chi connectivity index (χ0) is 15.0. The second-order valence-electron chi connectivity index (χ2n) is 4.30. The summed E-state index contributed by atoms with van der Waals surface area (Å²) in [5, 5.41) is 2.52. The number of carbonyl (C=O) groups excluding carboxylic acids is 3. The zero-order valence-electron chi connectivity index (χ0n) is 11.3. The van der Waals surface area contributed by atoms with E-state index in [-0.39, 0.29) is 25.2 Å². The van der Waals surface area contributed by atoms with E-state index in [0.717, 1.165) is 5.56 Å². The van der Waals surface area contributed by atoms with Crippen molar-refractivity contribution >= 4 is 17.8 Å². The molecule has 0 heterocycles. The summed E-state index contributed by atoms with van der Waals surface area (Å²) in [5.41, 5.74) is 6.03. The second kappa shape index (κ2) is 7.93. The summed E-state index contributed by atoms with van der Waals surface area (Å²) < 4.78 is 4.48. The molecule has 0 fully saturated rings. The first kappa shape index (κ1) is 15.7. The van der Waals surface area contributed by atoms with Crippen LogP contribution in [0.5, 0.6) is 0 Å². The number of methoxy groups -OCH3 is 1. The van der Waals surface area contributed by atoms with Crippen LogP contribution in [0.2, 0.25) is 0 Å². The van der Waals surface area contributed by atoms with Crippen molar-refractivity contribution in [1.29, 1.82) is 0 Å². The fraction of sp³-hybridized carbons (Fsp3) is 0.357. The molecule has 1 aromatic rings. The van der Waals surface area contributed by atoms with Gasteiger partial charge in [-0.15, -0.1) is 0 Å². The molecule has 1 rings (SSSR count). The van der Waals surface area contributed by atoms with Crippen molar-refractivity contribution in [3.63, 3.8) is 0 Å². The molecule has 20 heavy (non-hydrogen) atoms. The summed E-state index contributed by atoms with van der Waals surface area (Å²) >= 11 is 0. The lowest BCUT2D eigenvalue weighted by atomic mass is 10.1. The number of amides is 2. The molecule has 0 saturated heterocycles. The molecule has 1 aromatic carbocycles.